The van der Waals surface area contributed by atoms with E-state index in [0.717, 1.165) is 39.3 Å². The molecule has 0 fully saturated rings. The van der Waals surface area contributed by atoms with E-state index in [1.54, 1.807) is 10.9 Å². The van der Waals surface area contributed by atoms with Crippen molar-refractivity contribution in [3.05, 3.63) is 66.2 Å². The molecule has 2 aromatic carbocycles. The lowest BCUT2D eigenvalue weighted by Crippen LogP contribution is -2.27. The number of nitrogens with one attached hydrogen (secondary N) is 1. The summed E-state index contributed by atoms with van der Waals surface area (Å²) in [5, 5.41) is 10.4. The molecule has 4 aromatic rings. The highest BCUT2D eigenvalue weighted by atomic mass is 16.3. The molecule has 5 nitrogen and oxygen atoms in total. The van der Waals surface area contributed by atoms with Crippen LogP contribution in [-0.4, -0.2) is 22.2 Å². The van der Waals surface area contributed by atoms with Crippen molar-refractivity contribution < 1.29 is 9.21 Å². The molecule has 0 saturated heterocycles. The minimum atomic E-state index is -0.000440. The van der Waals surface area contributed by atoms with Gasteiger partial charge >= 0.3 is 0 Å². The van der Waals surface area contributed by atoms with Gasteiger partial charge < -0.3 is 9.73 Å². The number of furan rings is 1. The summed E-state index contributed by atoms with van der Waals surface area (Å²) < 4.78 is 7.41. The van der Waals surface area contributed by atoms with Gasteiger partial charge in [-0.15, -0.1) is 0 Å². The first-order chi connectivity index (χ1) is 12.2. The number of hydrogen-bond donors (Lipinski definition) is 1. The monoisotopic (exact) mass is 333 g/mol. The average molecular weight is 333 g/mol. The van der Waals surface area contributed by atoms with Gasteiger partial charge in [0, 0.05) is 30.7 Å². The van der Waals surface area contributed by atoms with Crippen molar-refractivity contribution in [3.63, 3.8) is 0 Å². The lowest BCUT2D eigenvalue weighted by molar-refractivity contribution is -0.120. The van der Waals surface area contributed by atoms with Crippen molar-refractivity contribution >= 4 is 27.6 Å². The summed E-state index contributed by atoms with van der Waals surface area (Å²) >= 11 is 0. The third-order valence-electron chi connectivity index (χ3n) is 4.39. The van der Waals surface area contributed by atoms with Gasteiger partial charge in [0.1, 0.15) is 5.58 Å². The summed E-state index contributed by atoms with van der Waals surface area (Å²) in [6.45, 7) is 0.598. The molecule has 0 bridgehead atoms. The summed E-state index contributed by atoms with van der Waals surface area (Å²) in [5.41, 5.74) is 2.85. The predicted molar refractivity (Wildman–Crippen MR) is 97.3 cm³/mol. The fraction of sp³-hybridized carbons (Fsp3) is 0.200. The highest BCUT2D eigenvalue weighted by Crippen LogP contribution is 2.30. The van der Waals surface area contributed by atoms with Crippen molar-refractivity contribution in [3.8, 4) is 0 Å². The Balaban J connectivity index is 1.48. The smallest absolute Gasteiger partial charge is 0.224 e. The van der Waals surface area contributed by atoms with Crippen LogP contribution in [0.25, 0.3) is 21.7 Å². The molecule has 1 amide bonds. The third-order valence-corrected chi connectivity index (χ3v) is 4.39. The number of benzene rings is 2. The maximum absolute atomic E-state index is 12.3. The lowest BCUT2D eigenvalue weighted by Gasteiger charge is -2.04. The fourth-order valence-corrected chi connectivity index (χ4v) is 3.19. The maximum Gasteiger partial charge on any atom is 0.224 e. The molecule has 0 saturated carbocycles. The van der Waals surface area contributed by atoms with Crippen LogP contribution in [-0.2, 0) is 24.7 Å². The Labute approximate surface area is 145 Å². The SMILES string of the molecule is Cn1cc(CCNC(=O)Cc2coc3ccc4ccccc4c23)cn1. The van der Waals surface area contributed by atoms with E-state index in [1.165, 1.54) is 0 Å². The molecule has 0 atom stereocenters. The predicted octanol–water partition coefficient (Wildman–Crippen LogP) is 3.22. The number of amides is 1. The molecule has 0 radical (unpaired) electrons. The molecule has 1 N–H and O–H groups in total. The van der Waals surface area contributed by atoms with Gasteiger partial charge in [-0.05, 0) is 28.8 Å². The lowest BCUT2D eigenvalue weighted by atomic mass is 10.0. The van der Waals surface area contributed by atoms with Gasteiger partial charge in [-0.3, -0.25) is 9.48 Å². The molecular weight excluding hydrogens is 314 g/mol. The van der Waals surface area contributed by atoms with Gasteiger partial charge in [0.05, 0.1) is 18.9 Å². The molecule has 2 heterocycles. The molecule has 25 heavy (non-hydrogen) atoms. The standard InChI is InChI=1S/C20H19N3O2/c1-23-12-14(11-22-23)8-9-21-19(24)10-16-13-25-18-7-6-15-4-2-3-5-17(15)20(16)18/h2-7,11-13H,8-10H2,1H3,(H,21,24). The van der Waals surface area contributed by atoms with Gasteiger partial charge in [-0.1, -0.05) is 30.3 Å². The second-order valence-corrected chi connectivity index (χ2v) is 6.22. The zero-order chi connectivity index (χ0) is 17.2. The fourth-order valence-electron chi connectivity index (χ4n) is 3.19. The van der Waals surface area contributed by atoms with Crippen molar-refractivity contribution in [1.29, 1.82) is 0 Å². The number of nitrogens with zero attached hydrogens (tertiary/aromatic N) is 2. The first-order valence-corrected chi connectivity index (χ1v) is 8.33. The van der Waals surface area contributed by atoms with Gasteiger partial charge in [0.25, 0.3) is 0 Å². The van der Waals surface area contributed by atoms with Crippen LogP contribution in [0, 0.1) is 0 Å². The van der Waals surface area contributed by atoms with Gasteiger partial charge in [-0.2, -0.15) is 5.10 Å². The zero-order valence-electron chi connectivity index (χ0n) is 14.0. The van der Waals surface area contributed by atoms with E-state index in [-0.39, 0.29) is 5.91 Å². The average Bonchev–Trinajstić information content (AvgIpc) is 3.21. The molecule has 0 aliphatic rings. The number of aromatic nitrogens is 2. The topological polar surface area (TPSA) is 60.1 Å². The van der Waals surface area contributed by atoms with Crippen molar-refractivity contribution in [1.82, 2.24) is 15.1 Å². The Kier molecular flexibility index (Phi) is 3.98. The number of carbonyl (C=O) groups excluding carboxylic acids is 1. The molecule has 0 aliphatic heterocycles. The highest BCUT2D eigenvalue weighted by molar-refractivity contribution is 6.08. The number of hydrogen-bond acceptors (Lipinski definition) is 3. The Morgan fingerprint density at radius 3 is 2.96 bits per heavy atom. The van der Waals surface area contributed by atoms with Crippen molar-refractivity contribution in [2.24, 2.45) is 7.05 Å². The minimum absolute atomic E-state index is 0.000440. The number of carbonyl (C=O) groups is 1. The molecule has 2 aromatic heterocycles. The van der Waals surface area contributed by atoms with E-state index in [9.17, 15) is 4.79 Å². The number of aryl methyl sites for hydroxylation is 1. The van der Waals surface area contributed by atoms with Gasteiger partial charge in [0.15, 0.2) is 0 Å². The molecule has 0 aliphatic carbocycles. The van der Waals surface area contributed by atoms with Gasteiger partial charge in [-0.25, -0.2) is 0 Å². The summed E-state index contributed by atoms with van der Waals surface area (Å²) in [4.78, 5) is 12.3. The van der Waals surface area contributed by atoms with Crippen LogP contribution in [0.2, 0.25) is 0 Å². The Hall–Kier alpha value is -3.08. The van der Waals surface area contributed by atoms with E-state index in [2.05, 4.69) is 22.5 Å². The summed E-state index contributed by atoms with van der Waals surface area (Å²) in [7, 11) is 1.89. The van der Waals surface area contributed by atoms with Crippen LogP contribution in [0.5, 0.6) is 0 Å². The van der Waals surface area contributed by atoms with Crippen molar-refractivity contribution in [2.45, 2.75) is 12.8 Å². The molecule has 126 valence electrons. The van der Waals surface area contributed by atoms with E-state index in [1.807, 2.05) is 43.7 Å². The second-order valence-electron chi connectivity index (χ2n) is 6.22. The van der Waals surface area contributed by atoms with Crippen LogP contribution in [0.15, 0.2) is 59.5 Å². The normalized spacial score (nSPS) is 11.2. The van der Waals surface area contributed by atoms with Crippen molar-refractivity contribution in [2.75, 3.05) is 6.54 Å². The highest BCUT2D eigenvalue weighted by Gasteiger charge is 2.13. The molecule has 5 heteroatoms. The Morgan fingerprint density at radius 2 is 2.12 bits per heavy atom. The molecule has 0 spiro atoms. The Bertz CT molecular complexity index is 1050. The molecular formula is C20H19N3O2. The van der Waals surface area contributed by atoms with E-state index >= 15 is 0 Å². The van der Waals surface area contributed by atoms with E-state index < -0.39 is 0 Å². The first-order valence-electron chi connectivity index (χ1n) is 8.33. The maximum atomic E-state index is 12.3. The van der Waals surface area contributed by atoms with Gasteiger partial charge in [0.2, 0.25) is 5.91 Å². The summed E-state index contributed by atoms with van der Waals surface area (Å²) in [6.07, 6.45) is 6.56. The molecule has 4 rings (SSSR count). The molecule has 0 unspecified atom stereocenters. The van der Waals surface area contributed by atoms with Crippen LogP contribution in [0.1, 0.15) is 11.1 Å². The number of rotatable bonds is 5. The number of fused-ring (bicyclic) bond motifs is 3. The second kappa shape index (κ2) is 6.43. The summed E-state index contributed by atoms with van der Waals surface area (Å²) in [5.74, 6) is -0.000440. The summed E-state index contributed by atoms with van der Waals surface area (Å²) in [6, 6.07) is 12.2. The van der Waals surface area contributed by atoms with Crippen LogP contribution in [0.4, 0.5) is 0 Å². The van der Waals surface area contributed by atoms with Crippen LogP contribution >= 0.6 is 0 Å². The van der Waals surface area contributed by atoms with E-state index in [4.69, 9.17) is 4.42 Å². The van der Waals surface area contributed by atoms with Crippen LogP contribution < -0.4 is 5.32 Å². The van der Waals surface area contributed by atoms with Crippen LogP contribution in [0.3, 0.4) is 0 Å². The third kappa shape index (κ3) is 3.13. The quantitative estimate of drug-likeness (QED) is 0.610. The minimum Gasteiger partial charge on any atom is -0.464 e. The largest absolute Gasteiger partial charge is 0.464 e. The first kappa shape index (κ1) is 15.4. The zero-order valence-corrected chi connectivity index (χ0v) is 14.0. The Morgan fingerprint density at radius 1 is 1.24 bits per heavy atom. The van der Waals surface area contributed by atoms with E-state index in [0.29, 0.717) is 13.0 Å².